The van der Waals surface area contributed by atoms with Gasteiger partial charge in [0, 0.05) is 13.1 Å². The molecule has 0 aliphatic carbocycles. The minimum Gasteiger partial charge on any atom is -0.404 e. The molecule has 128 valence electrons. The Morgan fingerprint density at radius 1 is 1.14 bits per heavy atom. The van der Waals surface area contributed by atoms with Gasteiger partial charge >= 0.3 is 6.36 Å². The molecule has 0 radical (unpaired) electrons. The van der Waals surface area contributed by atoms with Gasteiger partial charge in [0.15, 0.2) is 0 Å². The van der Waals surface area contributed by atoms with Gasteiger partial charge in [-0.15, -0.1) is 25.6 Å². The van der Waals surface area contributed by atoms with E-state index in [2.05, 4.69) is 14.8 Å². The first kappa shape index (κ1) is 21.0. The molecular formula is C12H18ClF3N2O3S. The zero-order valence-electron chi connectivity index (χ0n) is 11.8. The summed E-state index contributed by atoms with van der Waals surface area (Å²) in [5, 5.41) is 2.97. The molecular weight excluding hydrogens is 345 g/mol. The number of hydrogen-bond acceptors (Lipinski definition) is 4. The third kappa shape index (κ3) is 7.30. The fourth-order valence-electron chi connectivity index (χ4n) is 1.53. The number of sulfonamides is 1. The minimum absolute atomic E-state index is 0. The third-order valence-corrected chi connectivity index (χ3v) is 3.89. The van der Waals surface area contributed by atoms with Gasteiger partial charge in [-0.1, -0.05) is 19.1 Å². The van der Waals surface area contributed by atoms with Crippen LogP contribution in [0.2, 0.25) is 0 Å². The summed E-state index contributed by atoms with van der Waals surface area (Å²) in [6.07, 6.45) is -4.05. The van der Waals surface area contributed by atoms with Crippen molar-refractivity contribution < 1.29 is 26.3 Å². The fraction of sp³-hybridized carbons (Fsp3) is 0.500. The molecule has 5 nitrogen and oxygen atoms in total. The van der Waals surface area contributed by atoms with Crippen molar-refractivity contribution in [3.63, 3.8) is 0 Å². The molecule has 0 saturated carbocycles. The molecule has 0 atom stereocenters. The number of halogens is 4. The summed E-state index contributed by atoms with van der Waals surface area (Å²) in [7, 11) is -4.07. The molecule has 1 aromatic rings. The van der Waals surface area contributed by atoms with Gasteiger partial charge in [-0.2, -0.15) is 0 Å². The topological polar surface area (TPSA) is 67.4 Å². The molecule has 0 amide bonds. The molecule has 0 heterocycles. The molecule has 0 aromatic heterocycles. The van der Waals surface area contributed by atoms with Crippen molar-refractivity contribution in [1.29, 1.82) is 0 Å². The van der Waals surface area contributed by atoms with E-state index in [1.165, 1.54) is 12.1 Å². The lowest BCUT2D eigenvalue weighted by molar-refractivity contribution is -0.275. The summed E-state index contributed by atoms with van der Waals surface area (Å²) in [4.78, 5) is -0.544. The van der Waals surface area contributed by atoms with Gasteiger partial charge < -0.3 is 10.1 Å². The van der Waals surface area contributed by atoms with Crippen LogP contribution in [0.5, 0.6) is 5.75 Å². The molecule has 1 aromatic carbocycles. The minimum atomic E-state index is -4.95. The highest BCUT2D eigenvalue weighted by atomic mass is 35.5. The van der Waals surface area contributed by atoms with E-state index in [-0.39, 0.29) is 19.0 Å². The molecule has 0 unspecified atom stereocenters. The Bertz CT molecular complexity index is 553. The van der Waals surface area contributed by atoms with Crippen molar-refractivity contribution in [2.45, 2.75) is 24.6 Å². The van der Waals surface area contributed by atoms with Gasteiger partial charge in [0.05, 0.1) is 0 Å². The SMILES string of the molecule is CCCNCCNS(=O)(=O)c1ccccc1OC(F)(F)F.Cl. The third-order valence-electron chi connectivity index (χ3n) is 2.38. The Balaban J connectivity index is 0.00000441. The molecule has 0 saturated heterocycles. The van der Waals surface area contributed by atoms with Gasteiger partial charge in [0.2, 0.25) is 10.0 Å². The van der Waals surface area contributed by atoms with Crippen LogP contribution in [0.25, 0.3) is 0 Å². The molecule has 0 spiro atoms. The van der Waals surface area contributed by atoms with Crippen LogP contribution in [0.1, 0.15) is 13.3 Å². The lowest BCUT2D eigenvalue weighted by Gasteiger charge is -2.14. The molecule has 0 bridgehead atoms. The van der Waals surface area contributed by atoms with Crippen molar-refractivity contribution >= 4 is 22.4 Å². The highest BCUT2D eigenvalue weighted by molar-refractivity contribution is 7.89. The normalized spacial score (nSPS) is 11.8. The highest BCUT2D eigenvalue weighted by Gasteiger charge is 2.33. The lowest BCUT2D eigenvalue weighted by atomic mass is 10.3. The van der Waals surface area contributed by atoms with Crippen LogP contribution in [0.4, 0.5) is 13.2 Å². The van der Waals surface area contributed by atoms with E-state index in [0.717, 1.165) is 25.1 Å². The van der Waals surface area contributed by atoms with E-state index >= 15 is 0 Å². The zero-order valence-corrected chi connectivity index (χ0v) is 13.4. The van der Waals surface area contributed by atoms with E-state index in [9.17, 15) is 21.6 Å². The summed E-state index contributed by atoms with van der Waals surface area (Å²) in [5.74, 6) is -0.751. The molecule has 2 N–H and O–H groups in total. The lowest BCUT2D eigenvalue weighted by Crippen LogP contribution is -2.32. The second-order valence-corrected chi connectivity index (χ2v) is 5.88. The van der Waals surface area contributed by atoms with Crippen molar-refractivity contribution in [1.82, 2.24) is 10.0 Å². The quantitative estimate of drug-likeness (QED) is 0.696. The number of nitrogens with one attached hydrogen (secondary N) is 2. The predicted octanol–water partition coefficient (Wildman–Crippen LogP) is 2.28. The van der Waals surface area contributed by atoms with E-state index < -0.39 is 27.0 Å². The van der Waals surface area contributed by atoms with Gasteiger partial charge in [-0.25, -0.2) is 13.1 Å². The predicted molar refractivity (Wildman–Crippen MR) is 78.7 cm³/mol. The highest BCUT2D eigenvalue weighted by Crippen LogP contribution is 2.28. The summed E-state index contributed by atoms with van der Waals surface area (Å²) >= 11 is 0. The standard InChI is InChI=1S/C12H17F3N2O3S.ClH/c1-2-7-16-8-9-17-21(18,19)11-6-4-3-5-10(11)20-12(13,14)15;/h3-6,16-17H,2,7-9H2,1H3;1H. The Morgan fingerprint density at radius 2 is 1.77 bits per heavy atom. The molecule has 10 heteroatoms. The first-order valence-corrected chi connectivity index (χ1v) is 7.80. The maximum absolute atomic E-state index is 12.3. The average Bonchev–Trinajstić information content (AvgIpc) is 2.37. The largest absolute Gasteiger partial charge is 0.573 e. The zero-order chi connectivity index (χ0) is 15.9. The molecule has 0 aliphatic rings. The van der Waals surface area contributed by atoms with Crippen molar-refractivity contribution in [2.75, 3.05) is 19.6 Å². The fourth-order valence-corrected chi connectivity index (χ4v) is 2.69. The van der Waals surface area contributed by atoms with Crippen molar-refractivity contribution in [2.24, 2.45) is 0 Å². The van der Waals surface area contributed by atoms with E-state index in [1.54, 1.807) is 0 Å². The maximum atomic E-state index is 12.3. The maximum Gasteiger partial charge on any atom is 0.573 e. The smallest absolute Gasteiger partial charge is 0.404 e. The second-order valence-electron chi connectivity index (χ2n) is 4.14. The van der Waals surface area contributed by atoms with Crippen LogP contribution in [0.3, 0.4) is 0 Å². The number of alkyl halides is 3. The Kier molecular flexibility index (Phi) is 8.76. The molecule has 22 heavy (non-hydrogen) atoms. The van der Waals surface area contributed by atoms with Crippen LogP contribution in [-0.4, -0.2) is 34.4 Å². The van der Waals surface area contributed by atoms with Gasteiger partial charge in [-0.05, 0) is 25.1 Å². The van der Waals surface area contributed by atoms with Gasteiger partial charge in [0.25, 0.3) is 0 Å². The van der Waals surface area contributed by atoms with Crippen LogP contribution in [0, 0.1) is 0 Å². The number of rotatable bonds is 8. The number of benzene rings is 1. The van der Waals surface area contributed by atoms with Gasteiger partial charge in [-0.3, -0.25) is 0 Å². The van der Waals surface area contributed by atoms with E-state index in [1.807, 2.05) is 6.92 Å². The van der Waals surface area contributed by atoms with Crippen LogP contribution >= 0.6 is 12.4 Å². The van der Waals surface area contributed by atoms with Crippen LogP contribution < -0.4 is 14.8 Å². The Hall–Kier alpha value is -1.03. The summed E-state index contributed by atoms with van der Waals surface area (Å²) in [6.45, 7) is 3.15. The summed E-state index contributed by atoms with van der Waals surface area (Å²) in [6, 6.07) is 4.61. The average molecular weight is 363 g/mol. The van der Waals surface area contributed by atoms with Crippen LogP contribution in [0.15, 0.2) is 29.2 Å². The van der Waals surface area contributed by atoms with E-state index in [4.69, 9.17) is 0 Å². The first-order chi connectivity index (χ1) is 9.76. The van der Waals surface area contributed by atoms with Crippen molar-refractivity contribution in [3.05, 3.63) is 24.3 Å². The van der Waals surface area contributed by atoms with Crippen molar-refractivity contribution in [3.8, 4) is 5.75 Å². The Labute approximate surface area is 133 Å². The molecule has 1 rings (SSSR count). The van der Waals surface area contributed by atoms with E-state index in [0.29, 0.717) is 6.54 Å². The summed E-state index contributed by atoms with van der Waals surface area (Å²) in [5.41, 5.74) is 0. The number of para-hydroxylation sites is 1. The van der Waals surface area contributed by atoms with Gasteiger partial charge in [0.1, 0.15) is 10.6 Å². The first-order valence-electron chi connectivity index (χ1n) is 6.31. The van der Waals surface area contributed by atoms with Crippen LogP contribution in [-0.2, 0) is 10.0 Å². The number of ether oxygens (including phenoxy) is 1. The number of hydrogen-bond donors (Lipinski definition) is 2. The summed E-state index contributed by atoms with van der Waals surface area (Å²) < 4.78 is 66.7. The Morgan fingerprint density at radius 3 is 2.36 bits per heavy atom. The second kappa shape index (κ2) is 9.19. The monoisotopic (exact) mass is 362 g/mol. The molecule has 0 fully saturated rings. The molecule has 0 aliphatic heterocycles.